The lowest BCUT2D eigenvalue weighted by Crippen LogP contribution is -2.32. The van der Waals surface area contributed by atoms with Gasteiger partial charge in [-0.15, -0.1) is 0 Å². The van der Waals surface area contributed by atoms with Crippen molar-refractivity contribution >= 4 is 0 Å². The van der Waals surface area contributed by atoms with Crippen LogP contribution < -0.4 is 0 Å². The minimum absolute atomic E-state index is 0.408. The molecule has 1 heteroatoms. The van der Waals surface area contributed by atoms with E-state index in [1.807, 2.05) is 13.0 Å². The highest BCUT2D eigenvalue weighted by molar-refractivity contribution is 5.15. The second-order valence-corrected chi connectivity index (χ2v) is 4.85. The second kappa shape index (κ2) is 6.02. The van der Waals surface area contributed by atoms with E-state index in [1.165, 1.54) is 12.0 Å². The monoisotopic (exact) mass is 195 g/mol. The lowest BCUT2D eigenvalue weighted by Gasteiger charge is -2.29. The zero-order chi connectivity index (χ0) is 11.2. The highest BCUT2D eigenvalue weighted by Crippen LogP contribution is 2.20. The quantitative estimate of drug-likeness (QED) is 0.586. The topological polar surface area (TPSA) is 3.24 Å². The average Bonchev–Trinajstić information content (AvgIpc) is 2.03. The molecule has 0 aromatic rings. The van der Waals surface area contributed by atoms with Crippen LogP contribution in [0.4, 0.5) is 0 Å². The van der Waals surface area contributed by atoms with E-state index in [0.29, 0.717) is 5.41 Å². The maximum Gasteiger partial charge on any atom is 0.0224 e. The first-order chi connectivity index (χ1) is 6.41. The summed E-state index contributed by atoms with van der Waals surface area (Å²) in [6, 6.07) is 0. The Kier molecular flexibility index (Phi) is 5.78. The van der Waals surface area contributed by atoms with E-state index in [-0.39, 0.29) is 0 Å². The minimum atomic E-state index is 0.408. The fourth-order valence-corrected chi connectivity index (χ4v) is 1.53. The highest BCUT2D eigenvalue weighted by Gasteiger charge is 2.17. The molecule has 0 atom stereocenters. The predicted molar refractivity (Wildman–Crippen MR) is 65.5 cm³/mol. The summed E-state index contributed by atoms with van der Waals surface area (Å²) in [7, 11) is 2.16. The molecule has 0 bridgehead atoms. The molecule has 0 aliphatic heterocycles. The summed E-state index contributed by atoms with van der Waals surface area (Å²) in [5, 5.41) is 0. The van der Waals surface area contributed by atoms with Crippen LogP contribution >= 0.6 is 0 Å². The van der Waals surface area contributed by atoms with E-state index in [9.17, 15) is 0 Å². The molecule has 82 valence electrons. The molecule has 0 aromatic carbocycles. The Labute approximate surface area is 89.5 Å². The third kappa shape index (κ3) is 5.98. The lowest BCUT2D eigenvalue weighted by molar-refractivity contribution is 0.216. The number of likely N-dealkylation sites (N-methyl/N-ethyl adjacent to an activating group) is 1. The molecule has 14 heavy (non-hydrogen) atoms. The van der Waals surface area contributed by atoms with Gasteiger partial charge in [0.1, 0.15) is 0 Å². The van der Waals surface area contributed by atoms with Crippen molar-refractivity contribution in [2.75, 3.05) is 20.1 Å². The first-order valence-corrected chi connectivity index (χ1v) is 5.40. The molecule has 0 spiro atoms. The Balaban J connectivity index is 3.98. The normalized spacial score (nSPS) is 12.7. The van der Waals surface area contributed by atoms with Crippen molar-refractivity contribution in [3.05, 3.63) is 24.3 Å². The Hall–Kier alpha value is -0.560. The van der Waals surface area contributed by atoms with E-state index in [2.05, 4.69) is 45.4 Å². The SMILES string of the molecule is C=C(C=CC)CN(C)CC(C)(C)CC. The smallest absolute Gasteiger partial charge is 0.0224 e. The molecule has 0 aliphatic carbocycles. The van der Waals surface area contributed by atoms with Gasteiger partial charge in [0.2, 0.25) is 0 Å². The maximum absolute atomic E-state index is 4.01. The van der Waals surface area contributed by atoms with E-state index in [1.54, 1.807) is 0 Å². The molecule has 0 amide bonds. The van der Waals surface area contributed by atoms with Crippen LogP contribution in [0.3, 0.4) is 0 Å². The van der Waals surface area contributed by atoms with Gasteiger partial charge in [-0.3, -0.25) is 0 Å². The van der Waals surface area contributed by atoms with Crippen molar-refractivity contribution in [1.29, 1.82) is 0 Å². The Morgan fingerprint density at radius 3 is 2.43 bits per heavy atom. The van der Waals surface area contributed by atoms with Crippen LogP contribution in [0.25, 0.3) is 0 Å². The number of hydrogen-bond acceptors (Lipinski definition) is 1. The van der Waals surface area contributed by atoms with Crippen molar-refractivity contribution in [2.45, 2.75) is 34.1 Å². The van der Waals surface area contributed by atoms with E-state index < -0.39 is 0 Å². The van der Waals surface area contributed by atoms with Crippen LogP contribution in [-0.2, 0) is 0 Å². The van der Waals surface area contributed by atoms with E-state index >= 15 is 0 Å². The largest absolute Gasteiger partial charge is 0.302 e. The minimum Gasteiger partial charge on any atom is -0.302 e. The average molecular weight is 195 g/mol. The molecular weight excluding hydrogens is 170 g/mol. The summed E-state index contributed by atoms with van der Waals surface area (Å²) < 4.78 is 0. The van der Waals surface area contributed by atoms with Crippen molar-refractivity contribution in [3.8, 4) is 0 Å². The van der Waals surface area contributed by atoms with Crippen LogP contribution in [0.15, 0.2) is 24.3 Å². The van der Waals surface area contributed by atoms with Gasteiger partial charge >= 0.3 is 0 Å². The Morgan fingerprint density at radius 2 is 2.00 bits per heavy atom. The van der Waals surface area contributed by atoms with Gasteiger partial charge in [-0.25, -0.2) is 0 Å². The van der Waals surface area contributed by atoms with Crippen molar-refractivity contribution < 1.29 is 0 Å². The van der Waals surface area contributed by atoms with Gasteiger partial charge in [0.05, 0.1) is 0 Å². The summed E-state index contributed by atoms with van der Waals surface area (Å²) in [4.78, 5) is 2.34. The molecule has 0 heterocycles. The van der Waals surface area contributed by atoms with E-state index in [4.69, 9.17) is 0 Å². The van der Waals surface area contributed by atoms with Gasteiger partial charge in [0.25, 0.3) is 0 Å². The van der Waals surface area contributed by atoms with Crippen molar-refractivity contribution in [2.24, 2.45) is 5.41 Å². The maximum atomic E-state index is 4.01. The number of nitrogens with zero attached hydrogens (tertiary/aromatic N) is 1. The molecule has 0 aliphatic rings. The third-order valence-corrected chi connectivity index (χ3v) is 2.53. The lowest BCUT2D eigenvalue weighted by atomic mass is 9.90. The van der Waals surface area contributed by atoms with Crippen LogP contribution in [0.1, 0.15) is 34.1 Å². The second-order valence-electron chi connectivity index (χ2n) is 4.85. The van der Waals surface area contributed by atoms with Gasteiger partial charge in [0.15, 0.2) is 0 Å². The predicted octanol–water partition coefficient (Wildman–Crippen LogP) is 3.49. The van der Waals surface area contributed by atoms with Crippen LogP contribution in [-0.4, -0.2) is 25.0 Å². The van der Waals surface area contributed by atoms with Gasteiger partial charge in [-0.1, -0.05) is 39.5 Å². The summed E-state index contributed by atoms with van der Waals surface area (Å²) in [5.41, 5.74) is 1.59. The number of allylic oxidation sites excluding steroid dienone is 1. The molecular formula is C13H25N. The molecule has 0 aromatic heterocycles. The van der Waals surface area contributed by atoms with Crippen LogP contribution in [0.2, 0.25) is 0 Å². The fourth-order valence-electron chi connectivity index (χ4n) is 1.53. The van der Waals surface area contributed by atoms with Crippen LogP contribution in [0, 0.1) is 5.41 Å². The van der Waals surface area contributed by atoms with Crippen molar-refractivity contribution in [1.82, 2.24) is 4.90 Å². The Morgan fingerprint density at radius 1 is 1.43 bits per heavy atom. The fraction of sp³-hybridized carbons (Fsp3) is 0.692. The standard InChI is InChI=1S/C13H25N/c1-7-9-12(3)10-14(6)11-13(4,5)8-2/h7,9H,3,8,10-11H2,1-2,4-6H3. The third-order valence-electron chi connectivity index (χ3n) is 2.53. The zero-order valence-electron chi connectivity index (χ0n) is 10.4. The summed E-state index contributed by atoms with van der Waals surface area (Å²) in [5.74, 6) is 0. The molecule has 0 unspecified atom stereocenters. The molecule has 0 fully saturated rings. The zero-order valence-corrected chi connectivity index (χ0v) is 10.4. The van der Waals surface area contributed by atoms with Gasteiger partial charge < -0.3 is 4.90 Å². The van der Waals surface area contributed by atoms with Crippen LogP contribution in [0.5, 0.6) is 0 Å². The van der Waals surface area contributed by atoms with Gasteiger partial charge in [0, 0.05) is 13.1 Å². The number of hydrogen-bond donors (Lipinski definition) is 0. The Bertz CT molecular complexity index is 201. The summed E-state index contributed by atoms with van der Waals surface area (Å²) in [6.45, 7) is 15.0. The van der Waals surface area contributed by atoms with Gasteiger partial charge in [-0.05, 0) is 31.4 Å². The molecule has 0 N–H and O–H groups in total. The number of rotatable bonds is 6. The van der Waals surface area contributed by atoms with Crippen molar-refractivity contribution in [3.63, 3.8) is 0 Å². The molecule has 1 nitrogen and oxygen atoms in total. The summed E-state index contributed by atoms with van der Waals surface area (Å²) >= 11 is 0. The first-order valence-electron chi connectivity index (χ1n) is 5.40. The molecule has 0 saturated carbocycles. The van der Waals surface area contributed by atoms with Gasteiger partial charge in [-0.2, -0.15) is 0 Å². The first kappa shape index (κ1) is 13.4. The highest BCUT2D eigenvalue weighted by atomic mass is 15.1. The molecule has 0 radical (unpaired) electrons. The van der Waals surface area contributed by atoms with E-state index in [0.717, 1.165) is 13.1 Å². The molecule has 0 rings (SSSR count). The molecule has 0 saturated heterocycles. The summed E-state index contributed by atoms with van der Waals surface area (Å²) in [6.07, 6.45) is 5.34.